The van der Waals surface area contributed by atoms with Gasteiger partial charge in [0.2, 0.25) is 5.91 Å². The predicted molar refractivity (Wildman–Crippen MR) is 95.6 cm³/mol. The van der Waals surface area contributed by atoms with Crippen molar-refractivity contribution in [3.05, 3.63) is 45.9 Å². The molecule has 1 aliphatic heterocycles. The number of nitrogens with zero attached hydrogens (tertiary/aromatic N) is 4. The lowest BCUT2D eigenvalue weighted by Crippen LogP contribution is -2.42. The molecule has 3 rings (SSSR count). The Morgan fingerprint density at radius 3 is 2.67 bits per heavy atom. The maximum atomic E-state index is 12.7. The van der Waals surface area contributed by atoms with Crippen LogP contribution >= 0.6 is 11.3 Å². The van der Waals surface area contributed by atoms with Crippen LogP contribution in [0.5, 0.6) is 0 Å². The van der Waals surface area contributed by atoms with Crippen LogP contribution < -0.4 is 0 Å². The molecule has 0 aliphatic carbocycles. The molecule has 0 radical (unpaired) electrons. The van der Waals surface area contributed by atoms with Crippen molar-refractivity contribution in [2.75, 3.05) is 13.1 Å². The van der Waals surface area contributed by atoms with Gasteiger partial charge in [0.1, 0.15) is 10.0 Å². The van der Waals surface area contributed by atoms with E-state index in [1.54, 1.807) is 11.3 Å². The van der Waals surface area contributed by atoms with Crippen LogP contribution in [0.15, 0.2) is 30.3 Å². The molecule has 1 aliphatic rings. The van der Waals surface area contributed by atoms with Crippen LogP contribution in [0.25, 0.3) is 0 Å². The van der Waals surface area contributed by atoms with E-state index >= 15 is 0 Å². The van der Waals surface area contributed by atoms with E-state index in [4.69, 9.17) is 0 Å². The summed E-state index contributed by atoms with van der Waals surface area (Å²) in [6.45, 7) is 7.31. The van der Waals surface area contributed by atoms with Crippen LogP contribution in [0.3, 0.4) is 0 Å². The molecule has 0 N–H and O–H groups in total. The summed E-state index contributed by atoms with van der Waals surface area (Å²) in [5.74, 6) is 0.252. The molecule has 24 heavy (non-hydrogen) atoms. The second-order valence-corrected chi connectivity index (χ2v) is 7.54. The number of rotatable bonds is 5. The fourth-order valence-electron chi connectivity index (χ4n) is 3.17. The highest BCUT2D eigenvalue weighted by Gasteiger charge is 2.29. The third kappa shape index (κ3) is 4.19. The molecule has 6 heteroatoms. The van der Waals surface area contributed by atoms with E-state index < -0.39 is 0 Å². The van der Waals surface area contributed by atoms with Gasteiger partial charge in [0.25, 0.3) is 0 Å². The highest BCUT2D eigenvalue weighted by molar-refractivity contribution is 7.11. The Balaban J connectivity index is 1.71. The molecule has 1 fully saturated rings. The fraction of sp³-hybridized carbons (Fsp3) is 0.500. The fourth-order valence-corrected chi connectivity index (χ4v) is 3.92. The van der Waals surface area contributed by atoms with Gasteiger partial charge in [-0.25, -0.2) is 0 Å². The largest absolute Gasteiger partial charge is 0.334 e. The maximum absolute atomic E-state index is 12.7. The number of aromatic nitrogens is 2. The molecule has 2 aromatic rings. The summed E-state index contributed by atoms with van der Waals surface area (Å²) in [5.41, 5.74) is 1.19. The summed E-state index contributed by atoms with van der Waals surface area (Å²) >= 11 is 1.64. The molecule has 1 aromatic heterocycles. The number of aryl methyl sites for hydroxylation is 1. The zero-order chi connectivity index (χ0) is 16.9. The van der Waals surface area contributed by atoms with E-state index in [9.17, 15) is 4.79 Å². The molecule has 1 unspecified atom stereocenters. The highest BCUT2D eigenvalue weighted by Crippen LogP contribution is 2.20. The molecule has 0 bridgehead atoms. The van der Waals surface area contributed by atoms with Crippen molar-refractivity contribution in [2.45, 2.75) is 45.8 Å². The SMILES string of the molecule is CCC1CN(Cc2nnc(C)s2)CCC(=O)N1Cc1ccccc1. The summed E-state index contributed by atoms with van der Waals surface area (Å²) in [6.07, 6.45) is 1.53. The van der Waals surface area contributed by atoms with Crippen LogP contribution in [0.1, 0.15) is 35.3 Å². The lowest BCUT2D eigenvalue weighted by molar-refractivity contribution is -0.133. The summed E-state index contributed by atoms with van der Waals surface area (Å²) < 4.78 is 0. The van der Waals surface area contributed by atoms with E-state index in [0.717, 1.165) is 36.1 Å². The minimum Gasteiger partial charge on any atom is -0.334 e. The molecule has 0 saturated carbocycles. The first-order valence-electron chi connectivity index (χ1n) is 8.50. The van der Waals surface area contributed by atoms with Crippen LogP contribution in [-0.2, 0) is 17.9 Å². The lowest BCUT2D eigenvalue weighted by Gasteiger charge is -2.31. The molecule has 1 saturated heterocycles. The quantitative estimate of drug-likeness (QED) is 0.837. The van der Waals surface area contributed by atoms with Gasteiger partial charge in [-0.1, -0.05) is 37.3 Å². The molecule has 0 spiro atoms. The van der Waals surface area contributed by atoms with Gasteiger partial charge >= 0.3 is 0 Å². The first-order valence-corrected chi connectivity index (χ1v) is 9.32. The highest BCUT2D eigenvalue weighted by atomic mass is 32.1. The van der Waals surface area contributed by atoms with Crippen LogP contribution in [0, 0.1) is 6.92 Å². The molecule has 1 aromatic carbocycles. The Morgan fingerprint density at radius 2 is 2.00 bits per heavy atom. The third-order valence-corrected chi connectivity index (χ3v) is 5.29. The van der Waals surface area contributed by atoms with Crippen molar-refractivity contribution in [3.63, 3.8) is 0 Å². The summed E-state index contributed by atoms with van der Waals surface area (Å²) in [4.78, 5) is 17.1. The van der Waals surface area contributed by atoms with Gasteiger partial charge in [-0.15, -0.1) is 21.5 Å². The topological polar surface area (TPSA) is 49.3 Å². The summed E-state index contributed by atoms with van der Waals surface area (Å²) in [5, 5.41) is 10.3. The van der Waals surface area contributed by atoms with E-state index in [1.807, 2.05) is 25.1 Å². The molecular weight excluding hydrogens is 320 g/mol. The average Bonchev–Trinajstić information content (AvgIpc) is 2.94. The molecule has 1 atom stereocenters. The van der Waals surface area contributed by atoms with E-state index in [1.165, 1.54) is 5.56 Å². The second kappa shape index (κ2) is 7.85. The maximum Gasteiger partial charge on any atom is 0.224 e. The van der Waals surface area contributed by atoms with E-state index in [-0.39, 0.29) is 11.9 Å². The van der Waals surface area contributed by atoms with Crippen LogP contribution in [-0.4, -0.2) is 45.0 Å². The smallest absolute Gasteiger partial charge is 0.224 e. The van der Waals surface area contributed by atoms with Crippen molar-refractivity contribution in [3.8, 4) is 0 Å². The van der Waals surface area contributed by atoms with Gasteiger partial charge in [-0.05, 0) is 18.9 Å². The molecular formula is C18H24N4OS. The number of carbonyl (C=O) groups is 1. The minimum atomic E-state index is 0.245. The number of carbonyl (C=O) groups excluding carboxylic acids is 1. The summed E-state index contributed by atoms with van der Waals surface area (Å²) in [6, 6.07) is 10.5. The predicted octanol–water partition coefficient (Wildman–Crippen LogP) is 2.86. The molecule has 5 nitrogen and oxygen atoms in total. The van der Waals surface area contributed by atoms with Gasteiger partial charge in [0.05, 0.1) is 6.54 Å². The monoisotopic (exact) mass is 344 g/mol. The average molecular weight is 344 g/mol. The standard InChI is InChI=1S/C18H24N4OS/c1-3-16-12-21(13-17-20-19-14(2)24-17)10-9-18(23)22(16)11-15-7-5-4-6-8-15/h4-8,16H,3,9-13H2,1-2H3. The number of amides is 1. The van der Waals surface area contributed by atoms with Crippen molar-refractivity contribution in [1.29, 1.82) is 0 Å². The van der Waals surface area contributed by atoms with E-state index in [0.29, 0.717) is 13.0 Å². The number of hydrogen-bond acceptors (Lipinski definition) is 5. The van der Waals surface area contributed by atoms with Gasteiger partial charge in [0.15, 0.2) is 0 Å². The van der Waals surface area contributed by atoms with Crippen molar-refractivity contribution >= 4 is 17.2 Å². The zero-order valence-corrected chi connectivity index (χ0v) is 15.1. The normalized spacial score (nSPS) is 19.5. The Hall–Kier alpha value is -1.79. The third-order valence-electron chi connectivity index (χ3n) is 4.47. The minimum absolute atomic E-state index is 0.245. The number of benzene rings is 1. The Kier molecular flexibility index (Phi) is 5.58. The van der Waals surface area contributed by atoms with Crippen molar-refractivity contribution in [1.82, 2.24) is 20.0 Å². The Labute approximate surface area is 147 Å². The van der Waals surface area contributed by atoms with Gasteiger partial charge < -0.3 is 4.90 Å². The van der Waals surface area contributed by atoms with Crippen LogP contribution in [0.2, 0.25) is 0 Å². The van der Waals surface area contributed by atoms with Crippen molar-refractivity contribution < 1.29 is 4.79 Å². The number of hydrogen-bond donors (Lipinski definition) is 0. The zero-order valence-electron chi connectivity index (χ0n) is 14.3. The van der Waals surface area contributed by atoms with Gasteiger partial charge in [0, 0.05) is 32.1 Å². The van der Waals surface area contributed by atoms with Gasteiger partial charge in [-0.2, -0.15) is 0 Å². The molecule has 2 heterocycles. The lowest BCUT2D eigenvalue weighted by atomic mass is 10.1. The molecule has 1 amide bonds. The summed E-state index contributed by atoms with van der Waals surface area (Å²) in [7, 11) is 0. The first-order chi connectivity index (χ1) is 11.7. The van der Waals surface area contributed by atoms with Crippen LogP contribution in [0.4, 0.5) is 0 Å². The molecule has 128 valence electrons. The Morgan fingerprint density at radius 1 is 1.21 bits per heavy atom. The first kappa shape index (κ1) is 17.0. The van der Waals surface area contributed by atoms with Gasteiger partial charge in [-0.3, -0.25) is 9.69 Å². The Bertz CT molecular complexity index is 673. The van der Waals surface area contributed by atoms with E-state index in [2.05, 4.69) is 39.1 Å². The van der Waals surface area contributed by atoms with Crippen molar-refractivity contribution in [2.24, 2.45) is 0 Å². The second-order valence-electron chi connectivity index (χ2n) is 6.27.